The van der Waals surface area contributed by atoms with E-state index in [0.29, 0.717) is 23.4 Å². The summed E-state index contributed by atoms with van der Waals surface area (Å²) >= 11 is 0. The minimum Gasteiger partial charge on any atom is -0.333 e. The fourth-order valence-corrected chi connectivity index (χ4v) is 3.45. The van der Waals surface area contributed by atoms with Gasteiger partial charge >= 0.3 is 6.18 Å². The quantitative estimate of drug-likeness (QED) is 0.554. The van der Waals surface area contributed by atoms with Gasteiger partial charge in [-0.3, -0.25) is 4.79 Å². The number of rotatable bonds is 1. The van der Waals surface area contributed by atoms with Crippen LogP contribution in [0.1, 0.15) is 27.2 Å². The van der Waals surface area contributed by atoms with Crippen LogP contribution in [0.25, 0.3) is 17.0 Å². The van der Waals surface area contributed by atoms with Crippen molar-refractivity contribution in [3.63, 3.8) is 0 Å². The van der Waals surface area contributed by atoms with Gasteiger partial charge in [-0.15, -0.1) is 0 Å². The zero-order valence-corrected chi connectivity index (χ0v) is 13.4. The Kier molecular flexibility index (Phi) is 3.35. The molecule has 0 saturated carbocycles. The fraction of sp³-hybridized carbons (Fsp3) is 0.150. The summed E-state index contributed by atoms with van der Waals surface area (Å²) < 4.78 is 40.5. The lowest BCUT2D eigenvalue weighted by molar-refractivity contribution is -0.137. The predicted molar refractivity (Wildman–Crippen MR) is 90.4 cm³/mol. The number of hydrogen-bond donors (Lipinski definition) is 0. The fourth-order valence-electron chi connectivity index (χ4n) is 3.45. The topological polar surface area (TPSA) is 22.0 Å². The van der Waals surface area contributed by atoms with Crippen molar-refractivity contribution in [2.75, 3.05) is 0 Å². The molecule has 1 aromatic heterocycles. The number of nitrogens with zero attached hydrogens (tertiary/aromatic N) is 1. The lowest BCUT2D eigenvalue weighted by atomic mass is 10.0. The van der Waals surface area contributed by atoms with Crippen LogP contribution in [-0.2, 0) is 12.7 Å². The van der Waals surface area contributed by atoms with E-state index in [4.69, 9.17) is 0 Å². The van der Waals surface area contributed by atoms with Crippen molar-refractivity contribution in [1.82, 2.24) is 4.57 Å². The van der Waals surface area contributed by atoms with E-state index in [0.717, 1.165) is 28.6 Å². The Morgan fingerprint density at radius 3 is 2.60 bits per heavy atom. The molecule has 2 nitrogen and oxygen atoms in total. The summed E-state index contributed by atoms with van der Waals surface area (Å²) in [7, 11) is 0. The van der Waals surface area contributed by atoms with Crippen LogP contribution < -0.4 is 0 Å². The summed E-state index contributed by atoms with van der Waals surface area (Å²) in [5.41, 5.74) is 2.67. The zero-order valence-electron chi connectivity index (χ0n) is 13.4. The van der Waals surface area contributed by atoms with Crippen LogP contribution in [0, 0.1) is 6.92 Å². The smallest absolute Gasteiger partial charge is 0.333 e. The molecule has 0 aliphatic carbocycles. The number of aryl methyl sites for hydroxylation is 1. The molecule has 4 rings (SSSR count). The SMILES string of the molecule is Cc1c2n(c3ccccc13)C/C(=C\c1cccc(C(F)(F)F)c1)C2=O. The van der Waals surface area contributed by atoms with Crippen molar-refractivity contribution >= 4 is 22.8 Å². The van der Waals surface area contributed by atoms with Crippen LogP contribution in [0.5, 0.6) is 0 Å². The molecule has 0 spiro atoms. The van der Waals surface area contributed by atoms with E-state index in [1.165, 1.54) is 6.07 Å². The van der Waals surface area contributed by atoms with Gasteiger partial charge < -0.3 is 4.57 Å². The highest BCUT2D eigenvalue weighted by molar-refractivity contribution is 6.16. The highest BCUT2D eigenvalue weighted by Crippen LogP contribution is 2.34. The van der Waals surface area contributed by atoms with Gasteiger partial charge in [-0.05, 0) is 42.3 Å². The largest absolute Gasteiger partial charge is 0.416 e. The van der Waals surface area contributed by atoms with E-state index in [1.807, 2.05) is 35.8 Å². The van der Waals surface area contributed by atoms with Gasteiger partial charge in [0.2, 0.25) is 5.78 Å². The first-order valence-corrected chi connectivity index (χ1v) is 7.86. The monoisotopic (exact) mass is 341 g/mol. The van der Waals surface area contributed by atoms with Crippen LogP contribution in [0.15, 0.2) is 54.1 Å². The second kappa shape index (κ2) is 5.34. The average Bonchev–Trinajstić information content (AvgIpc) is 3.04. The molecule has 1 aliphatic rings. The lowest BCUT2D eigenvalue weighted by Crippen LogP contribution is -2.04. The van der Waals surface area contributed by atoms with Crippen LogP contribution in [0.3, 0.4) is 0 Å². The van der Waals surface area contributed by atoms with Crippen molar-refractivity contribution in [1.29, 1.82) is 0 Å². The van der Waals surface area contributed by atoms with Crippen LogP contribution in [-0.4, -0.2) is 10.4 Å². The molecule has 126 valence electrons. The number of carbonyl (C=O) groups excluding carboxylic acids is 1. The standard InChI is InChI=1S/C20H14F3NO/c1-12-16-7-2-3-8-17(16)24-11-14(19(25)18(12)24)9-13-5-4-6-15(10-13)20(21,22)23/h2-10H,11H2,1H3/b14-9+. The van der Waals surface area contributed by atoms with E-state index in [9.17, 15) is 18.0 Å². The normalized spacial score (nSPS) is 16.0. The van der Waals surface area contributed by atoms with Gasteiger partial charge in [0.25, 0.3) is 0 Å². The van der Waals surface area contributed by atoms with Crippen molar-refractivity contribution in [3.05, 3.63) is 76.5 Å². The Morgan fingerprint density at radius 2 is 1.84 bits per heavy atom. The molecule has 0 saturated heterocycles. The van der Waals surface area contributed by atoms with Crippen LogP contribution in [0.4, 0.5) is 13.2 Å². The number of ketones is 1. The lowest BCUT2D eigenvalue weighted by Gasteiger charge is -2.07. The molecular weight excluding hydrogens is 327 g/mol. The second-order valence-electron chi connectivity index (χ2n) is 6.20. The molecule has 0 bridgehead atoms. The minimum atomic E-state index is -4.40. The second-order valence-corrected chi connectivity index (χ2v) is 6.20. The number of hydrogen-bond acceptors (Lipinski definition) is 1. The molecular formula is C20H14F3NO. The van der Waals surface area contributed by atoms with Crippen molar-refractivity contribution < 1.29 is 18.0 Å². The Labute approximate surface area is 142 Å². The maximum absolute atomic E-state index is 12.9. The Morgan fingerprint density at radius 1 is 1.08 bits per heavy atom. The number of alkyl halides is 3. The van der Waals surface area contributed by atoms with E-state index in [2.05, 4.69) is 0 Å². The number of fused-ring (bicyclic) bond motifs is 3. The molecule has 5 heteroatoms. The number of aromatic nitrogens is 1. The number of halogens is 3. The molecule has 0 N–H and O–H groups in total. The number of allylic oxidation sites excluding steroid dienone is 1. The molecule has 0 atom stereocenters. The maximum atomic E-state index is 12.9. The Bertz CT molecular complexity index is 1040. The zero-order chi connectivity index (χ0) is 17.8. The van der Waals surface area contributed by atoms with Gasteiger partial charge in [0.1, 0.15) is 0 Å². The van der Waals surface area contributed by atoms with Gasteiger partial charge in [-0.2, -0.15) is 13.2 Å². The van der Waals surface area contributed by atoms with Crippen LogP contribution in [0.2, 0.25) is 0 Å². The van der Waals surface area contributed by atoms with Gasteiger partial charge in [0.15, 0.2) is 0 Å². The van der Waals surface area contributed by atoms with E-state index < -0.39 is 11.7 Å². The average molecular weight is 341 g/mol. The van der Waals surface area contributed by atoms with Crippen molar-refractivity contribution in [2.45, 2.75) is 19.6 Å². The third-order valence-corrected chi connectivity index (χ3v) is 4.61. The number of carbonyl (C=O) groups is 1. The van der Waals surface area contributed by atoms with Gasteiger partial charge in [0.05, 0.1) is 17.8 Å². The molecule has 25 heavy (non-hydrogen) atoms. The number of benzene rings is 2. The maximum Gasteiger partial charge on any atom is 0.416 e. The third-order valence-electron chi connectivity index (χ3n) is 4.61. The molecule has 3 aromatic rings. The summed E-state index contributed by atoms with van der Waals surface area (Å²) in [6.45, 7) is 2.28. The highest BCUT2D eigenvalue weighted by Gasteiger charge is 2.31. The first-order valence-electron chi connectivity index (χ1n) is 7.86. The first kappa shape index (κ1) is 15.7. The molecule has 0 unspecified atom stereocenters. The van der Waals surface area contributed by atoms with Gasteiger partial charge in [-0.1, -0.05) is 30.3 Å². The van der Waals surface area contributed by atoms with Crippen LogP contribution >= 0.6 is 0 Å². The highest BCUT2D eigenvalue weighted by atomic mass is 19.4. The summed E-state index contributed by atoms with van der Waals surface area (Å²) in [5.74, 6) is -0.119. The Hall–Kier alpha value is -2.82. The molecule has 1 aliphatic heterocycles. The van der Waals surface area contributed by atoms with Gasteiger partial charge in [-0.25, -0.2) is 0 Å². The molecule has 2 heterocycles. The van der Waals surface area contributed by atoms with E-state index in [1.54, 1.807) is 12.1 Å². The summed E-state index contributed by atoms with van der Waals surface area (Å²) in [4.78, 5) is 12.8. The molecule has 0 fully saturated rings. The first-order chi connectivity index (χ1) is 11.9. The number of para-hydroxylation sites is 1. The van der Waals surface area contributed by atoms with Crippen molar-refractivity contribution in [2.24, 2.45) is 0 Å². The summed E-state index contributed by atoms with van der Waals surface area (Å²) in [6.07, 6.45) is -2.84. The van der Waals surface area contributed by atoms with Crippen molar-refractivity contribution in [3.8, 4) is 0 Å². The number of Topliss-reactive ketones (excluding diaryl/α,β-unsaturated/α-hetero) is 1. The predicted octanol–water partition coefficient (Wildman–Crippen LogP) is 5.25. The summed E-state index contributed by atoms with van der Waals surface area (Å²) in [5, 5.41) is 1.03. The van der Waals surface area contributed by atoms with E-state index >= 15 is 0 Å². The van der Waals surface area contributed by atoms with E-state index in [-0.39, 0.29) is 5.78 Å². The molecule has 0 radical (unpaired) electrons. The molecule has 0 amide bonds. The summed E-state index contributed by atoms with van der Waals surface area (Å²) in [6, 6.07) is 12.8. The van der Waals surface area contributed by atoms with Gasteiger partial charge in [0, 0.05) is 16.5 Å². The third kappa shape index (κ3) is 2.47. The molecule has 2 aromatic carbocycles. The minimum absolute atomic E-state index is 0.119. The Balaban J connectivity index is 1.78.